The second kappa shape index (κ2) is 6.45. The molecule has 0 aliphatic carbocycles. The summed E-state index contributed by atoms with van der Waals surface area (Å²) in [5, 5.41) is 4.14. The van der Waals surface area contributed by atoms with Gasteiger partial charge in [-0.15, -0.1) is 0 Å². The van der Waals surface area contributed by atoms with Gasteiger partial charge in [-0.1, -0.05) is 0 Å². The number of piperazine rings is 1. The first kappa shape index (κ1) is 13.0. The van der Waals surface area contributed by atoms with E-state index in [-0.39, 0.29) is 0 Å². The average molecular weight is 265 g/mol. The molecule has 19 heavy (non-hydrogen) atoms. The molecular formula is C13H23N5O. The molecule has 6 nitrogen and oxygen atoms in total. The molecular weight excluding hydrogens is 242 g/mol. The van der Waals surface area contributed by atoms with Crippen LogP contribution in [0, 0.1) is 5.92 Å². The van der Waals surface area contributed by atoms with E-state index in [0.717, 1.165) is 32.2 Å². The van der Waals surface area contributed by atoms with Crippen LogP contribution in [0.4, 0.5) is 0 Å². The van der Waals surface area contributed by atoms with Crippen molar-refractivity contribution in [3.63, 3.8) is 0 Å². The van der Waals surface area contributed by atoms with E-state index in [9.17, 15) is 0 Å². The van der Waals surface area contributed by atoms with Crippen LogP contribution in [0.2, 0.25) is 0 Å². The maximum Gasteiger partial charge on any atom is 0.137 e. The topological polar surface area (TPSA) is 46.4 Å². The van der Waals surface area contributed by atoms with E-state index in [1.54, 1.807) is 12.7 Å². The molecule has 1 aromatic rings. The van der Waals surface area contributed by atoms with Crippen LogP contribution >= 0.6 is 0 Å². The summed E-state index contributed by atoms with van der Waals surface area (Å²) >= 11 is 0. The highest BCUT2D eigenvalue weighted by Gasteiger charge is 2.22. The van der Waals surface area contributed by atoms with Gasteiger partial charge in [-0.05, 0) is 12.3 Å². The van der Waals surface area contributed by atoms with Gasteiger partial charge in [0, 0.05) is 45.9 Å². The van der Waals surface area contributed by atoms with E-state index in [1.165, 1.54) is 39.1 Å². The van der Waals surface area contributed by atoms with Gasteiger partial charge in [0.05, 0.1) is 13.2 Å². The second-order valence-electron chi connectivity index (χ2n) is 5.53. The number of aromatic nitrogens is 3. The Bertz CT molecular complexity index is 355. The van der Waals surface area contributed by atoms with E-state index in [1.807, 2.05) is 4.68 Å². The lowest BCUT2D eigenvalue weighted by atomic mass is 10.1. The lowest BCUT2D eigenvalue weighted by Gasteiger charge is -2.35. The minimum Gasteiger partial charge on any atom is -0.381 e. The molecule has 0 bridgehead atoms. The van der Waals surface area contributed by atoms with Gasteiger partial charge in [0.2, 0.25) is 0 Å². The van der Waals surface area contributed by atoms with Gasteiger partial charge in [-0.2, -0.15) is 5.10 Å². The largest absolute Gasteiger partial charge is 0.381 e. The second-order valence-corrected chi connectivity index (χ2v) is 5.53. The van der Waals surface area contributed by atoms with Crippen molar-refractivity contribution in [2.45, 2.75) is 13.0 Å². The molecule has 1 atom stereocenters. The maximum atomic E-state index is 5.45. The molecule has 0 saturated carbocycles. The molecule has 106 valence electrons. The van der Waals surface area contributed by atoms with Crippen molar-refractivity contribution in [1.29, 1.82) is 0 Å². The predicted octanol–water partition coefficient (Wildman–Crippen LogP) is -0.0678. The van der Waals surface area contributed by atoms with Crippen molar-refractivity contribution < 1.29 is 4.74 Å². The summed E-state index contributed by atoms with van der Waals surface area (Å²) in [6.45, 7) is 9.87. The van der Waals surface area contributed by atoms with Crippen molar-refractivity contribution in [2.24, 2.45) is 5.92 Å². The third kappa shape index (κ3) is 3.75. The normalized spacial score (nSPS) is 26.0. The molecule has 0 amide bonds. The Kier molecular flexibility index (Phi) is 4.42. The lowest BCUT2D eigenvalue weighted by molar-refractivity contribution is 0.108. The Balaban J connectivity index is 1.34. The van der Waals surface area contributed by atoms with Gasteiger partial charge in [0.15, 0.2) is 0 Å². The third-order valence-corrected chi connectivity index (χ3v) is 4.12. The van der Waals surface area contributed by atoms with Crippen molar-refractivity contribution >= 4 is 0 Å². The first-order valence-electron chi connectivity index (χ1n) is 7.25. The Hall–Kier alpha value is -0.980. The van der Waals surface area contributed by atoms with Crippen molar-refractivity contribution in [3.8, 4) is 0 Å². The molecule has 0 aromatic carbocycles. The monoisotopic (exact) mass is 265 g/mol. The van der Waals surface area contributed by atoms with Crippen LogP contribution in [0.5, 0.6) is 0 Å². The molecule has 0 radical (unpaired) electrons. The van der Waals surface area contributed by atoms with Crippen molar-refractivity contribution in [1.82, 2.24) is 24.6 Å². The van der Waals surface area contributed by atoms with Crippen LogP contribution in [-0.2, 0) is 11.3 Å². The van der Waals surface area contributed by atoms with Crippen LogP contribution in [0.15, 0.2) is 12.7 Å². The average Bonchev–Trinajstić information content (AvgIpc) is 3.11. The minimum absolute atomic E-state index is 0.765. The SMILES string of the molecule is c1ncn(CCN2CCN(CC3CCOC3)CC2)n1. The molecule has 0 spiro atoms. The zero-order valence-corrected chi connectivity index (χ0v) is 11.4. The first-order chi connectivity index (χ1) is 9.40. The summed E-state index contributed by atoms with van der Waals surface area (Å²) in [7, 11) is 0. The van der Waals surface area contributed by atoms with Gasteiger partial charge in [-0.25, -0.2) is 4.98 Å². The number of hydrogen-bond donors (Lipinski definition) is 0. The summed E-state index contributed by atoms with van der Waals surface area (Å²) in [4.78, 5) is 9.07. The quantitative estimate of drug-likeness (QED) is 0.746. The van der Waals surface area contributed by atoms with Crippen LogP contribution in [0.3, 0.4) is 0 Å². The molecule has 0 N–H and O–H groups in total. The molecule has 2 aliphatic rings. The highest BCUT2D eigenvalue weighted by atomic mass is 16.5. The molecule has 2 fully saturated rings. The standard InChI is InChI=1S/C13H23N5O/c1-8-19-10-13(1)9-17-4-2-16(3-5-17)6-7-18-12-14-11-15-18/h11-13H,1-10H2. The summed E-state index contributed by atoms with van der Waals surface area (Å²) in [5.74, 6) is 0.765. The number of ether oxygens (including phenoxy) is 1. The highest BCUT2D eigenvalue weighted by Crippen LogP contribution is 2.15. The molecule has 1 unspecified atom stereocenters. The Morgan fingerprint density at radius 3 is 2.63 bits per heavy atom. The first-order valence-corrected chi connectivity index (χ1v) is 7.25. The van der Waals surface area contributed by atoms with Crippen molar-refractivity contribution in [3.05, 3.63) is 12.7 Å². The lowest BCUT2D eigenvalue weighted by Crippen LogP contribution is -2.48. The van der Waals surface area contributed by atoms with E-state index < -0.39 is 0 Å². The summed E-state index contributed by atoms with van der Waals surface area (Å²) in [6.07, 6.45) is 4.63. The zero-order valence-electron chi connectivity index (χ0n) is 11.4. The molecule has 1 aromatic heterocycles. The van der Waals surface area contributed by atoms with Gasteiger partial charge < -0.3 is 9.64 Å². The smallest absolute Gasteiger partial charge is 0.137 e. The van der Waals surface area contributed by atoms with Crippen LogP contribution in [-0.4, -0.2) is 77.0 Å². The van der Waals surface area contributed by atoms with Crippen molar-refractivity contribution in [2.75, 3.05) is 52.5 Å². The van der Waals surface area contributed by atoms with Gasteiger partial charge in [0.25, 0.3) is 0 Å². The van der Waals surface area contributed by atoms with Crippen LogP contribution < -0.4 is 0 Å². The van der Waals surface area contributed by atoms with E-state index in [0.29, 0.717) is 0 Å². The highest BCUT2D eigenvalue weighted by molar-refractivity contribution is 4.76. The fourth-order valence-electron chi connectivity index (χ4n) is 2.88. The Morgan fingerprint density at radius 2 is 1.95 bits per heavy atom. The van der Waals surface area contributed by atoms with E-state index in [4.69, 9.17) is 4.74 Å². The molecule has 2 aliphatic heterocycles. The molecule has 2 saturated heterocycles. The third-order valence-electron chi connectivity index (χ3n) is 4.12. The fourth-order valence-corrected chi connectivity index (χ4v) is 2.88. The number of nitrogens with zero attached hydrogens (tertiary/aromatic N) is 5. The predicted molar refractivity (Wildman–Crippen MR) is 71.8 cm³/mol. The van der Waals surface area contributed by atoms with Gasteiger partial charge >= 0.3 is 0 Å². The molecule has 3 heterocycles. The van der Waals surface area contributed by atoms with Gasteiger partial charge in [0.1, 0.15) is 12.7 Å². The molecule has 3 rings (SSSR count). The number of hydrogen-bond acceptors (Lipinski definition) is 5. The van der Waals surface area contributed by atoms with E-state index in [2.05, 4.69) is 19.9 Å². The van der Waals surface area contributed by atoms with Crippen LogP contribution in [0.25, 0.3) is 0 Å². The zero-order chi connectivity index (χ0) is 12.9. The Morgan fingerprint density at radius 1 is 1.11 bits per heavy atom. The van der Waals surface area contributed by atoms with Crippen LogP contribution in [0.1, 0.15) is 6.42 Å². The minimum atomic E-state index is 0.765. The summed E-state index contributed by atoms with van der Waals surface area (Å²) in [6, 6.07) is 0. The summed E-state index contributed by atoms with van der Waals surface area (Å²) < 4.78 is 7.35. The Labute approximate surface area is 114 Å². The van der Waals surface area contributed by atoms with Gasteiger partial charge in [-0.3, -0.25) is 9.58 Å². The van der Waals surface area contributed by atoms with E-state index >= 15 is 0 Å². The number of rotatable bonds is 5. The summed E-state index contributed by atoms with van der Waals surface area (Å²) in [5.41, 5.74) is 0. The maximum absolute atomic E-state index is 5.45. The molecule has 6 heteroatoms. The fraction of sp³-hybridized carbons (Fsp3) is 0.846.